The van der Waals surface area contributed by atoms with Crippen molar-refractivity contribution in [3.63, 3.8) is 0 Å². The van der Waals surface area contributed by atoms with Crippen LogP contribution in [0.4, 0.5) is 0 Å². The van der Waals surface area contributed by atoms with Crippen LogP contribution < -0.4 is 5.32 Å². The first-order valence-electron chi connectivity index (χ1n) is 6.54. The van der Waals surface area contributed by atoms with Crippen molar-refractivity contribution in [1.82, 2.24) is 15.4 Å². The van der Waals surface area contributed by atoms with E-state index in [2.05, 4.69) is 10.5 Å². The molecule has 19 heavy (non-hydrogen) atoms. The number of nitrogens with zero attached hydrogens (tertiary/aromatic N) is 2. The molecule has 6 heteroatoms. The number of nitrogens with one attached hydrogen (secondary N) is 1. The van der Waals surface area contributed by atoms with Crippen LogP contribution in [0.5, 0.6) is 0 Å². The molecule has 2 heterocycles. The lowest BCUT2D eigenvalue weighted by Crippen LogP contribution is -2.42. The van der Waals surface area contributed by atoms with Gasteiger partial charge in [-0.1, -0.05) is 12.1 Å². The second kappa shape index (κ2) is 5.52. The molecule has 2 amide bonds. The lowest BCUT2D eigenvalue weighted by atomic mass is 10.2. The Morgan fingerprint density at radius 2 is 2.32 bits per heavy atom. The van der Waals surface area contributed by atoms with Gasteiger partial charge in [-0.25, -0.2) is 0 Å². The number of likely N-dealkylation sites (tertiary alicyclic amines) is 1. The minimum absolute atomic E-state index is 0.0407. The summed E-state index contributed by atoms with van der Waals surface area (Å²) in [7, 11) is 0. The fourth-order valence-electron chi connectivity index (χ4n) is 2.19. The number of imide groups is 1. The molecule has 1 aromatic heterocycles. The van der Waals surface area contributed by atoms with E-state index in [0.29, 0.717) is 6.54 Å². The average Bonchev–Trinajstić information content (AvgIpc) is 2.90. The van der Waals surface area contributed by atoms with Crippen LogP contribution in [0.15, 0.2) is 10.6 Å². The van der Waals surface area contributed by atoms with E-state index in [1.165, 1.54) is 4.90 Å². The molecule has 0 aromatic carbocycles. The lowest BCUT2D eigenvalue weighted by Gasteiger charge is -2.21. The van der Waals surface area contributed by atoms with Gasteiger partial charge >= 0.3 is 0 Å². The minimum atomic E-state index is -0.446. The first kappa shape index (κ1) is 13.7. The number of carbonyl (C=O) groups is 2. The highest BCUT2D eigenvalue weighted by Gasteiger charge is 2.40. The standard InChI is InChI=1S/C13H19N3O3/c1-4-8(2)16-12(17)6-11(13(16)18)14-7-10-5-9(3)19-15-10/h5,8,11,14H,4,6-7H2,1-3H3. The summed E-state index contributed by atoms with van der Waals surface area (Å²) >= 11 is 0. The number of amides is 2. The van der Waals surface area contributed by atoms with Crippen molar-refractivity contribution < 1.29 is 14.1 Å². The van der Waals surface area contributed by atoms with E-state index in [4.69, 9.17) is 4.52 Å². The van der Waals surface area contributed by atoms with Crippen molar-refractivity contribution in [2.24, 2.45) is 0 Å². The van der Waals surface area contributed by atoms with E-state index in [1.807, 2.05) is 20.8 Å². The van der Waals surface area contributed by atoms with E-state index in [9.17, 15) is 9.59 Å². The second-order valence-electron chi connectivity index (χ2n) is 4.93. The van der Waals surface area contributed by atoms with Crippen LogP contribution in [-0.4, -0.2) is 34.0 Å². The third-order valence-corrected chi connectivity index (χ3v) is 3.42. The molecule has 0 saturated carbocycles. The van der Waals surface area contributed by atoms with Crippen LogP contribution in [0.3, 0.4) is 0 Å². The highest BCUT2D eigenvalue weighted by Crippen LogP contribution is 2.18. The zero-order chi connectivity index (χ0) is 14.0. The maximum atomic E-state index is 12.1. The van der Waals surface area contributed by atoms with Crippen LogP contribution in [0, 0.1) is 6.92 Å². The van der Waals surface area contributed by atoms with Gasteiger partial charge in [-0.15, -0.1) is 0 Å². The molecular weight excluding hydrogens is 246 g/mol. The minimum Gasteiger partial charge on any atom is -0.361 e. The molecule has 6 nitrogen and oxygen atoms in total. The molecule has 0 radical (unpaired) electrons. The summed E-state index contributed by atoms with van der Waals surface area (Å²) in [5, 5.41) is 6.91. The van der Waals surface area contributed by atoms with Gasteiger partial charge in [0.15, 0.2) is 0 Å². The van der Waals surface area contributed by atoms with Crippen molar-refractivity contribution in [1.29, 1.82) is 0 Å². The number of carbonyl (C=O) groups excluding carboxylic acids is 2. The molecule has 1 aromatic rings. The average molecular weight is 265 g/mol. The van der Waals surface area contributed by atoms with Crippen molar-refractivity contribution >= 4 is 11.8 Å². The van der Waals surface area contributed by atoms with Gasteiger partial charge in [-0.05, 0) is 20.3 Å². The van der Waals surface area contributed by atoms with Gasteiger partial charge in [0.05, 0.1) is 18.2 Å². The molecule has 2 unspecified atom stereocenters. The Hall–Kier alpha value is -1.69. The molecule has 1 N–H and O–H groups in total. The third-order valence-electron chi connectivity index (χ3n) is 3.42. The highest BCUT2D eigenvalue weighted by atomic mass is 16.5. The number of hydrogen-bond donors (Lipinski definition) is 1. The van der Waals surface area contributed by atoms with Crippen molar-refractivity contribution in [2.45, 2.75) is 52.2 Å². The van der Waals surface area contributed by atoms with Gasteiger partial charge in [0, 0.05) is 18.7 Å². The van der Waals surface area contributed by atoms with Crippen molar-refractivity contribution in [3.8, 4) is 0 Å². The topological polar surface area (TPSA) is 75.4 Å². The smallest absolute Gasteiger partial charge is 0.247 e. The predicted molar refractivity (Wildman–Crippen MR) is 68.1 cm³/mol. The Morgan fingerprint density at radius 1 is 1.58 bits per heavy atom. The fourth-order valence-corrected chi connectivity index (χ4v) is 2.19. The van der Waals surface area contributed by atoms with Crippen molar-refractivity contribution in [2.75, 3.05) is 0 Å². The van der Waals surface area contributed by atoms with E-state index < -0.39 is 6.04 Å². The summed E-state index contributed by atoms with van der Waals surface area (Å²) in [6.07, 6.45) is 0.993. The largest absolute Gasteiger partial charge is 0.361 e. The molecule has 2 atom stereocenters. The number of aromatic nitrogens is 1. The van der Waals surface area contributed by atoms with Gasteiger partial charge in [0.25, 0.3) is 0 Å². The third kappa shape index (κ3) is 2.84. The summed E-state index contributed by atoms with van der Waals surface area (Å²) in [5.74, 6) is 0.486. The molecule has 1 saturated heterocycles. The van der Waals surface area contributed by atoms with Crippen molar-refractivity contribution in [3.05, 3.63) is 17.5 Å². The summed E-state index contributed by atoms with van der Waals surface area (Å²) in [5.41, 5.74) is 0.736. The SMILES string of the molecule is CCC(C)N1C(=O)CC(NCc2cc(C)on2)C1=O. The summed E-state index contributed by atoms with van der Waals surface area (Å²) in [6.45, 7) is 6.09. The first-order chi connectivity index (χ1) is 9.02. The van der Waals surface area contributed by atoms with Crippen LogP contribution in [-0.2, 0) is 16.1 Å². The Labute approximate surface area is 112 Å². The Bertz CT molecular complexity index is 483. The molecular formula is C13H19N3O3. The maximum Gasteiger partial charge on any atom is 0.247 e. The Balaban J connectivity index is 1.95. The van der Waals surface area contributed by atoms with E-state index in [-0.39, 0.29) is 24.3 Å². The summed E-state index contributed by atoms with van der Waals surface area (Å²) in [4.78, 5) is 25.4. The molecule has 104 valence electrons. The monoisotopic (exact) mass is 265 g/mol. The molecule has 1 fully saturated rings. The molecule has 0 spiro atoms. The molecule has 0 bridgehead atoms. The van der Waals surface area contributed by atoms with E-state index in [1.54, 1.807) is 6.07 Å². The van der Waals surface area contributed by atoms with E-state index in [0.717, 1.165) is 17.9 Å². The zero-order valence-electron chi connectivity index (χ0n) is 11.5. The molecule has 1 aliphatic rings. The van der Waals surface area contributed by atoms with E-state index >= 15 is 0 Å². The van der Waals surface area contributed by atoms with Crippen LogP contribution in [0.25, 0.3) is 0 Å². The molecule has 0 aliphatic carbocycles. The van der Waals surface area contributed by atoms with Gasteiger partial charge < -0.3 is 4.52 Å². The molecule has 1 aliphatic heterocycles. The quantitative estimate of drug-likeness (QED) is 0.804. The summed E-state index contributed by atoms with van der Waals surface area (Å²) in [6, 6.07) is 1.32. The zero-order valence-corrected chi connectivity index (χ0v) is 11.5. The normalized spacial score (nSPS) is 21.2. The number of hydrogen-bond acceptors (Lipinski definition) is 5. The van der Waals surface area contributed by atoms with Gasteiger partial charge in [0.2, 0.25) is 11.8 Å². The van der Waals surface area contributed by atoms with Gasteiger partial charge in [-0.2, -0.15) is 0 Å². The Kier molecular flexibility index (Phi) is 3.99. The number of aryl methyl sites for hydroxylation is 1. The first-order valence-corrected chi connectivity index (χ1v) is 6.54. The second-order valence-corrected chi connectivity index (χ2v) is 4.93. The van der Waals surface area contributed by atoms with Crippen LogP contribution in [0.2, 0.25) is 0 Å². The fraction of sp³-hybridized carbons (Fsp3) is 0.615. The van der Waals surface area contributed by atoms with Crippen LogP contribution >= 0.6 is 0 Å². The predicted octanol–water partition coefficient (Wildman–Crippen LogP) is 0.999. The Morgan fingerprint density at radius 3 is 2.89 bits per heavy atom. The van der Waals surface area contributed by atoms with Crippen LogP contribution in [0.1, 0.15) is 38.1 Å². The van der Waals surface area contributed by atoms with Gasteiger partial charge in [0.1, 0.15) is 5.76 Å². The molecule has 2 rings (SSSR count). The lowest BCUT2D eigenvalue weighted by molar-refractivity contribution is -0.141. The number of rotatable bonds is 5. The maximum absolute atomic E-state index is 12.1. The highest BCUT2D eigenvalue weighted by molar-refractivity contribution is 6.05. The summed E-state index contributed by atoms with van der Waals surface area (Å²) < 4.78 is 4.95. The van der Waals surface area contributed by atoms with Gasteiger partial charge in [-0.3, -0.25) is 19.8 Å².